The molecule has 0 aromatic heterocycles. The highest BCUT2D eigenvalue weighted by Crippen LogP contribution is 2.34. The predicted molar refractivity (Wildman–Crippen MR) is 71.1 cm³/mol. The quantitative estimate of drug-likeness (QED) is 0.746. The maximum atomic E-state index is 12.7. The minimum Gasteiger partial charge on any atom is -0.358 e. The highest BCUT2D eigenvalue weighted by Gasteiger charge is 2.40. The van der Waals surface area contributed by atoms with E-state index in [4.69, 9.17) is 0 Å². The van der Waals surface area contributed by atoms with Crippen LogP contribution < -0.4 is 10.6 Å². The van der Waals surface area contributed by atoms with Crippen molar-refractivity contribution in [2.24, 2.45) is 5.41 Å². The maximum absolute atomic E-state index is 12.7. The molecule has 2 N–H and O–H groups in total. The Hall–Kier alpha value is -1.10. The number of rotatable bonds is 5. The molecule has 0 aliphatic carbocycles. The van der Waals surface area contributed by atoms with Crippen molar-refractivity contribution < 1.29 is 9.59 Å². The molecule has 1 saturated heterocycles. The zero-order valence-corrected chi connectivity index (χ0v) is 11.7. The second kappa shape index (κ2) is 6.73. The van der Waals surface area contributed by atoms with Crippen LogP contribution in [0.15, 0.2) is 0 Å². The lowest BCUT2D eigenvalue weighted by Gasteiger charge is -2.39. The first-order chi connectivity index (χ1) is 8.59. The average Bonchev–Trinajstić information content (AvgIpc) is 2.44. The Labute approximate surface area is 109 Å². The molecule has 0 unspecified atom stereocenters. The third-order valence-corrected chi connectivity index (χ3v) is 3.97. The lowest BCUT2D eigenvalue weighted by Crippen LogP contribution is -2.51. The summed E-state index contributed by atoms with van der Waals surface area (Å²) in [6, 6.07) is 0. The van der Waals surface area contributed by atoms with Crippen LogP contribution in [-0.2, 0) is 9.59 Å². The molecule has 0 aromatic rings. The number of piperidine rings is 1. The molecule has 1 fully saturated rings. The standard InChI is InChI=1S/C13H25N3O2/c1-4-13(6-8-15-9-7-13)12(18)16(5-2)10-11(17)14-3/h15H,4-10H2,1-3H3,(H,14,17). The molecule has 0 spiro atoms. The molecule has 2 amide bonds. The average molecular weight is 255 g/mol. The van der Waals surface area contributed by atoms with Gasteiger partial charge in [-0.3, -0.25) is 9.59 Å². The van der Waals surface area contributed by atoms with Crippen LogP contribution in [0, 0.1) is 5.41 Å². The van der Waals surface area contributed by atoms with Gasteiger partial charge in [0.15, 0.2) is 0 Å². The van der Waals surface area contributed by atoms with Gasteiger partial charge in [0, 0.05) is 13.6 Å². The van der Waals surface area contributed by atoms with Crippen LogP contribution in [0.2, 0.25) is 0 Å². The van der Waals surface area contributed by atoms with Gasteiger partial charge in [-0.2, -0.15) is 0 Å². The molecule has 1 aliphatic rings. The fraction of sp³-hybridized carbons (Fsp3) is 0.846. The third kappa shape index (κ3) is 3.22. The van der Waals surface area contributed by atoms with E-state index in [0.717, 1.165) is 32.4 Å². The van der Waals surface area contributed by atoms with Gasteiger partial charge in [0.25, 0.3) is 0 Å². The van der Waals surface area contributed by atoms with Gasteiger partial charge < -0.3 is 15.5 Å². The van der Waals surface area contributed by atoms with Gasteiger partial charge in [0.1, 0.15) is 0 Å². The molecule has 1 rings (SSSR count). The predicted octanol–water partition coefficient (Wildman–Crippen LogP) is 0.361. The van der Waals surface area contributed by atoms with Gasteiger partial charge in [-0.1, -0.05) is 6.92 Å². The van der Waals surface area contributed by atoms with E-state index in [9.17, 15) is 9.59 Å². The Morgan fingerprint density at radius 3 is 2.33 bits per heavy atom. The van der Waals surface area contributed by atoms with Gasteiger partial charge in [-0.15, -0.1) is 0 Å². The lowest BCUT2D eigenvalue weighted by atomic mass is 9.75. The number of carbonyl (C=O) groups is 2. The summed E-state index contributed by atoms with van der Waals surface area (Å²) in [6.45, 7) is 6.51. The third-order valence-electron chi connectivity index (χ3n) is 3.97. The molecule has 0 bridgehead atoms. The number of nitrogens with one attached hydrogen (secondary N) is 2. The maximum Gasteiger partial charge on any atom is 0.239 e. The number of nitrogens with zero attached hydrogens (tertiary/aromatic N) is 1. The summed E-state index contributed by atoms with van der Waals surface area (Å²) in [5.41, 5.74) is -0.269. The molecule has 1 aliphatic heterocycles. The van der Waals surface area contributed by atoms with E-state index in [0.29, 0.717) is 6.54 Å². The number of likely N-dealkylation sites (N-methyl/N-ethyl adjacent to an activating group) is 2. The van der Waals surface area contributed by atoms with Gasteiger partial charge in [-0.05, 0) is 39.3 Å². The summed E-state index contributed by atoms with van der Waals surface area (Å²) in [7, 11) is 1.60. The summed E-state index contributed by atoms with van der Waals surface area (Å²) < 4.78 is 0. The van der Waals surface area contributed by atoms with E-state index in [2.05, 4.69) is 17.6 Å². The summed E-state index contributed by atoms with van der Waals surface area (Å²) in [5.74, 6) is 0.0305. The van der Waals surface area contributed by atoms with Crippen LogP contribution in [0.3, 0.4) is 0 Å². The summed E-state index contributed by atoms with van der Waals surface area (Å²) in [5, 5.41) is 5.86. The SMILES string of the molecule is CCN(CC(=O)NC)C(=O)C1(CC)CCNCC1. The highest BCUT2D eigenvalue weighted by atomic mass is 16.2. The summed E-state index contributed by atoms with van der Waals surface area (Å²) in [6.07, 6.45) is 2.58. The molecule has 18 heavy (non-hydrogen) atoms. The van der Waals surface area contributed by atoms with Crippen LogP contribution in [0.1, 0.15) is 33.1 Å². The van der Waals surface area contributed by atoms with Crippen LogP contribution >= 0.6 is 0 Å². The zero-order chi connectivity index (χ0) is 13.6. The first-order valence-electron chi connectivity index (χ1n) is 6.80. The van der Waals surface area contributed by atoms with Crippen LogP contribution in [-0.4, -0.2) is 49.9 Å². The number of carbonyl (C=O) groups excluding carboxylic acids is 2. The minimum atomic E-state index is -0.269. The van der Waals surface area contributed by atoms with Crippen LogP contribution in [0.5, 0.6) is 0 Å². The van der Waals surface area contributed by atoms with Crippen molar-refractivity contribution in [3.05, 3.63) is 0 Å². The fourth-order valence-electron chi connectivity index (χ4n) is 2.54. The molecule has 1 heterocycles. The van der Waals surface area contributed by atoms with E-state index in [1.54, 1.807) is 11.9 Å². The fourth-order valence-corrected chi connectivity index (χ4v) is 2.54. The Bertz CT molecular complexity index is 299. The molecule has 0 aromatic carbocycles. The second-order valence-corrected chi connectivity index (χ2v) is 4.88. The Balaban J connectivity index is 2.76. The Kier molecular flexibility index (Phi) is 5.59. The summed E-state index contributed by atoms with van der Waals surface area (Å²) in [4.78, 5) is 25.8. The van der Waals surface area contributed by atoms with Gasteiger partial charge in [0.05, 0.1) is 12.0 Å². The Morgan fingerprint density at radius 1 is 1.28 bits per heavy atom. The van der Waals surface area contributed by atoms with Gasteiger partial charge in [0.2, 0.25) is 11.8 Å². The van der Waals surface area contributed by atoms with Crippen molar-refractivity contribution in [3.63, 3.8) is 0 Å². The Morgan fingerprint density at radius 2 is 1.89 bits per heavy atom. The molecule has 104 valence electrons. The van der Waals surface area contributed by atoms with Gasteiger partial charge >= 0.3 is 0 Å². The van der Waals surface area contributed by atoms with E-state index in [1.165, 1.54) is 0 Å². The van der Waals surface area contributed by atoms with E-state index < -0.39 is 0 Å². The molecule has 0 saturated carbocycles. The molecule has 0 radical (unpaired) electrons. The smallest absolute Gasteiger partial charge is 0.239 e. The summed E-state index contributed by atoms with van der Waals surface area (Å²) >= 11 is 0. The first-order valence-corrected chi connectivity index (χ1v) is 6.80. The van der Waals surface area contributed by atoms with Crippen molar-refractivity contribution in [1.29, 1.82) is 0 Å². The van der Waals surface area contributed by atoms with Crippen molar-refractivity contribution >= 4 is 11.8 Å². The largest absolute Gasteiger partial charge is 0.358 e. The van der Waals surface area contributed by atoms with E-state index in [1.807, 2.05) is 6.92 Å². The molecule has 0 atom stereocenters. The lowest BCUT2D eigenvalue weighted by molar-refractivity contribution is -0.146. The van der Waals surface area contributed by atoms with Crippen molar-refractivity contribution in [1.82, 2.24) is 15.5 Å². The molecular weight excluding hydrogens is 230 g/mol. The topological polar surface area (TPSA) is 61.4 Å². The van der Waals surface area contributed by atoms with Crippen LogP contribution in [0.25, 0.3) is 0 Å². The van der Waals surface area contributed by atoms with Crippen molar-refractivity contribution in [2.75, 3.05) is 33.2 Å². The second-order valence-electron chi connectivity index (χ2n) is 4.88. The highest BCUT2D eigenvalue weighted by molar-refractivity contribution is 5.88. The van der Waals surface area contributed by atoms with Gasteiger partial charge in [-0.25, -0.2) is 0 Å². The van der Waals surface area contributed by atoms with E-state index >= 15 is 0 Å². The monoisotopic (exact) mass is 255 g/mol. The van der Waals surface area contributed by atoms with Crippen LogP contribution in [0.4, 0.5) is 0 Å². The van der Waals surface area contributed by atoms with Crippen molar-refractivity contribution in [3.8, 4) is 0 Å². The minimum absolute atomic E-state index is 0.106. The molecule has 5 heteroatoms. The number of amides is 2. The molecule has 5 nitrogen and oxygen atoms in total. The number of hydrogen-bond donors (Lipinski definition) is 2. The molecular formula is C13H25N3O2. The van der Waals surface area contributed by atoms with E-state index in [-0.39, 0.29) is 23.8 Å². The normalized spacial score (nSPS) is 18.2. The first kappa shape index (κ1) is 15.0. The zero-order valence-electron chi connectivity index (χ0n) is 11.7. The van der Waals surface area contributed by atoms with Crippen molar-refractivity contribution in [2.45, 2.75) is 33.1 Å². The number of hydrogen-bond acceptors (Lipinski definition) is 3.